The van der Waals surface area contributed by atoms with E-state index in [-0.39, 0.29) is 5.82 Å². The molecule has 0 atom stereocenters. The smallest absolute Gasteiger partial charge is 0.159 e. The molecule has 0 fully saturated rings. The molecule has 1 nitrogen and oxygen atoms in total. The molecule has 156 valence electrons. The molecule has 4 rings (SSSR count). The van der Waals surface area contributed by atoms with Gasteiger partial charge in [-0.15, -0.1) is 6.58 Å². The lowest BCUT2D eigenvalue weighted by Gasteiger charge is -2.09. The summed E-state index contributed by atoms with van der Waals surface area (Å²) in [6.45, 7) is 3.74. The number of hydrogen-bond donors (Lipinski definition) is 0. The van der Waals surface area contributed by atoms with E-state index in [4.69, 9.17) is 0 Å². The highest BCUT2D eigenvalue weighted by Gasteiger charge is 2.10. The fraction of sp³-hybridized carbons (Fsp3) is 0.148. The van der Waals surface area contributed by atoms with Crippen molar-refractivity contribution in [1.82, 2.24) is 4.98 Å². The maximum absolute atomic E-state index is 15.1. The van der Waals surface area contributed by atoms with E-state index in [0.29, 0.717) is 29.4 Å². The lowest BCUT2D eigenvalue weighted by atomic mass is 9.98. The van der Waals surface area contributed by atoms with Crippen molar-refractivity contribution in [2.45, 2.75) is 25.7 Å². The number of halogens is 3. The minimum atomic E-state index is -0.883. The van der Waals surface area contributed by atoms with Crippen molar-refractivity contribution in [2.75, 3.05) is 0 Å². The maximum Gasteiger partial charge on any atom is 0.159 e. The van der Waals surface area contributed by atoms with Gasteiger partial charge in [0.2, 0.25) is 0 Å². The predicted octanol–water partition coefficient (Wildman–Crippen LogP) is 7.22. The molecule has 0 aliphatic rings. The van der Waals surface area contributed by atoms with Crippen molar-refractivity contribution in [3.05, 3.63) is 114 Å². The van der Waals surface area contributed by atoms with Gasteiger partial charge in [0.25, 0.3) is 0 Å². The van der Waals surface area contributed by atoms with E-state index < -0.39 is 11.6 Å². The summed E-state index contributed by atoms with van der Waals surface area (Å²) in [6.07, 6.45) is 6.41. The van der Waals surface area contributed by atoms with Crippen molar-refractivity contribution < 1.29 is 13.2 Å². The van der Waals surface area contributed by atoms with Gasteiger partial charge >= 0.3 is 0 Å². The summed E-state index contributed by atoms with van der Waals surface area (Å²) in [5.74, 6) is -2.04. The SMILES string of the molecule is C=CCCc1ccc(-c2ccc3c(F)c(CCc4ccc(F)c(F)c4)ccc3c2)nc1. The van der Waals surface area contributed by atoms with Gasteiger partial charge in [-0.25, -0.2) is 13.2 Å². The van der Waals surface area contributed by atoms with Crippen LogP contribution in [0.4, 0.5) is 13.2 Å². The predicted molar refractivity (Wildman–Crippen MR) is 119 cm³/mol. The Kier molecular flexibility index (Phi) is 6.17. The highest BCUT2D eigenvalue weighted by atomic mass is 19.2. The van der Waals surface area contributed by atoms with E-state index in [2.05, 4.69) is 17.6 Å². The first-order chi connectivity index (χ1) is 15.0. The van der Waals surface area contributed by atoms with Crippen LogP contribution in [0.5, 0.6) is 0 Å². The van der Waals surface area contributed by atoms with Gasteiger partial charge < -0.3 is 0 Å². The Labute approximate surface area is 179 Å². The fourth-order valence-corrected chi connectivity index (χ4v) is 3.68. The molecule has 0 spiro atoms. The minimum absolute atomic E-state index is 0.278. The van der Waals surface area contributed by atoms with Crippen LogP contribution in [-0.4, -0.2) is 4.98 Å². The summed E-state index contributed by atoms with van der Waals surface area (Å²) < 4.78 is 41.5. The highest BCUT2D eigenvalue weighted by Crippen LogP contribution is 2.27. The lowest BCUT2D eigenvalue weighted by molar-refractivity contribution is 0.507. The Balaban J connectivity index is 1.54. The fourth-order valence-electron chi connectivity index (χ4n) is 3.68. The number of fused-ring (bicyclic) bond motifs is 1. The molecule has 0 aliphatic heterocycles. The molecule has 1 heterocycles. The first-order valence-corrected chi connectivity index (χ1v) is 10.3. The van der Waals surface area contributed by atoms with E-state index in [0.717, 1.165) is 47.2 Å². The number of hydrogen-bond acceptors (Lipinski definition) is 1. The van der Waals surface area contributed by atoms with Gasteiger partial charge in [-0.3, -0.25) is 4.98 Å². The lowest BCUT2D eigenvalue weighted by Crippen LogP contribution is -1.97. The minimum Gasteiger partial charge on any atom is -0.256 e. The second-order valence-corrected chi connectivity index (χ2v) is 7.60. The van der Waals surface area contributed by atoms with E-state index in [1.807, 2.05) is 36.5 Å². The molecule has 0 saturated carbocycles. The summed E-state index contributed by atoms with van der Waals surface area (Å²) in [5.41, 5.74) is 4.11. The topological polar surface area (TPSA) is 12.9 Å². The first-order valence-electron chi connectivity index (χ1n) is 10.3. The zero-order valence-electron chi connectivity index (χ0n) is 17.0. The summed E-state index contributed by atoms with van der Waals surface area (Å²) in [7, 11) is 0. The average molecular weight is 417 g/mol. The molecular weight excluding hydrogens is 395 g/mol. The Morgan fingerprint density at radius 1 is 0.774 bits per heavy atom. The first kappa shape index (κ1) is 20.9. The van der Waals surface area contributed by atoms with Crippen LogP contribution >= 0.6 is 0 Å². The second kappa shape index (κ2) is 9.17. The maximum atomic E-state index is 15.1. The number of nitrogens with zero attached hydrogens (tertiary/aromatic N) is 1. The number of benzene rings is 3. The molecule has 0 aliphatic carbocycles. The molecule has 3 aromatic carbocycles. The molecule has 0 bridgehead atoms. The van der Waals surface area contributed by atoms with Crippen molar-refractivity contribution in [1.29, 1.82) is 0 Å². The zero-order valence-corrected chi connectivity index (χ0v) is 17.0. The standard InChI is InChI=1S/C27H22F3N/c1-2-3-4-19-7-14-26(31-17-19)22-11-12-23-21(16-22)10-9-20(27(23)30)8-5-18-6-13-24(28)25(29)15-18/h2,6-7,9-17H,1,3-5,8H2. The monoisotopic (exact) mass is 417 g/mol. The summed E-state index contributed by atoms with van der Waals surface area (Å²) in [5, 5.41) is 1.33. The van der Waals surface area contributed by atoms with Crippen LogP contribution < -0.4 is 0 Å². The van der Waals surface area contributed by atoms with Gasteiger partial charge in [-0.05, 0) is 72.0 Å². The largest absolute Gasteiger partial charge is 0.256 e. The molecule has 0 unspecified atom stereocenters. The molecule has 4 aromatic rings. The molecule has 4 heteroatoms. The van der Waals surface area contributed by atoms with Crippen LogP contribution in [0.2, 0.25) is 0 Å². The van der Waals surface area contributed by atoms with Gasteiger partial charge in [0.05, 0.1) is 5.69 Å². The van der Waals surface area contributed by atoms with Crippen LogP contribution in [0.3, 0.4) is 0 Å². The van der Waals surface area contributed by atoms with Gasteiger partial charge in [0.1, 0.15) is 5.82 Å². The van der Waals surface area contributed by atoms with Crippen LogP contribution in [0, 0.1) is 17.5 Å². The quantitative estimate of drug-likeness (QED) is 0.289. The third-order valence-corrected chi connectivity index (χ3v) is 5.46. The van der Waals surface area contributed by atoms with E-state index in [9.17, 15) is 8.78 Å². The van der Waals surface area contributed by atoms with Gasteiger partial charge in [0.15, 0.2) is 11.6 Å². The van der Waals surface area contributed by atoms with Crippen LogP contribution in [-0.2, 0) is 19.3 Å². The van der Waals surface area contributed by atoms with Crippen molar-refractivity contribution in [3.63, 3.8) is 0 Å². The summed E-state index contributed by atoms with van der Waals surface area (Å²) in [6, 6.07) is 17.0. The molecule has 0 N–H and O–H groups in total. The highest BCUT2D eigenvalue weighted by molar-refractivity contribution is 5.88. The number of rotatable bonds is 7. The van der Waals surface area contributed by atoms with E-state index >= 15 is 4.39 Å². The van der Waals surface area contributed by atoms with Crippen LogP contribution in [0.1, 0.15) is 23.1 Å². The van der Waals surface area contributed by atoms with Crippen molar-refractivity contribution >= 4 is 10.8 Å². The third kappa shape index (κ3) is 4.69. The van der Waals surface area contributed by atoms with Crippen LogP contribution in [0.25, 0.3) is 22.0 Å². The van der Waals surface area contributed by atoms with Crippen molar-refractivity contribution in [3.8, 4) is 11.3 Å². The Hall–Kier alpha value is -3.40. The average Bonchev–Trinajstić information content (AvgIpc) is 2.79. The summed E-state index contributed by atoms with van der Waals surface area (Å²) >= 11 is 0. The molecule has 1 aromatic heterocycles. The third-order valence-electron chi connectivity index (χ3n) is 5.46. The Morgan fingerprint density at radius 2 is 1.61 bits per heavy atom. The molecule has 0 amide bonds. The molecule has 0 saturated heterocycles. The van der Waals surface area contributed by atoms with Gasteiger partial charge in [-0.2, -0.15) is 0 Å². The number of allylic oxidation sites excluding steroid dienone is 1. The number of aromatic nitrogens is 1. The summed E-state index contributed by atoms with van der Waals surface area (Å²) in [4.78, 5) is 4.54. The molecule has 0 radical (unpaired) electrons. The van der Waals surface area contributed by atoms with Crippen LogP contribution in [0.15, 0.2) is 79.5 Å². The molecular formula is C27H22F3N. The normalized spacial score (nSPS) is 11.1. The second-order valence-electron chi connectivity index (χ2n) is 7.60. The Morgan fingerprint density at radius 3 is 2.35 bits per heavy atom. The zero-order chi connectivity index (χ0) is 21.8. The van der Waals surface area contributed by atoms with E-state index in [1.54, 1.807) is 12.1 Å². The number of pyridine rings is 1. The van der Waals surface area contributed by atoms with Crippen molar-refractivity contribution in [2.24, 2.45) is 0 Å². The molecule has 31 heavy (non-hydrogen) atoms. The van der Waals surface area contributed by atoms with Gasteiger partial charge in [0, 0.05) is 17.1 Å². The van der Waals surface area contributed by atoms with Gasteiger partial charge in [-0.1, -0.05) is 42.5 Å². The Bertz CT molecular complexity index is 1230. The number of aryl methyl sites for hydroxylation is 3. The van der Waals surface area contributed by atoms with E-state index in [1.165, 1.54) is 6.07 Å².